The molecule has 0 radical (unpaired) electrons. The number of carbonyl (C=O) groups is 2. The van der Waals surface area contributed by atoms with Crippen LogP contribution in [-0.4, -0.2) is 64.5 Å². The minimum Gasteiger partial charge on any atom is -0.347 e. The number of alkyl halides is 3. The molecule has 11 heteroatoms. The summed E-state index contributed by atoms with van der Waals surface area (Å²) in [6, 6.07) is 4.52. The maximum absolute atomic E-state index is 13.0. The van der Waals surface area contributed by atoms with Crippen LogP contribution in [0.5, 0.6) is 0 Å². The van der Waals surface area contributed by atoms with Crippen LogP contribution < -0.4 is 5.32 Å². The third-order valence-corrected chi connectivity index (χ3v) is 5.94. The maximum Gasteiger partial charge on any atom is 0.416 e. The van der Waals surface area contributed by atoms with Crippen molar-refractivity contribution in [3.05, 3.63) is 35.7 Å². The molecule has 2 aromatic rings. The van der Waals surface area contributed by atoms with Crippen LogP contribution in [0.3, 0.4) is 0 Å². The molecule has 2 atom stereocenters. The topological polar surface area (TPSA) is 91.6 Å². The highest BCUT2D eigenvalue weighted by atomic mass is 19.4. The van der Waals surface area contributed by atoms with Crippen LogP contribution in [0, 0.1) is 5.92 Å². The van der Waals surface area contributed by atoms with Gasteiger partial charge >= 0.3 is 6.18 Å². The summed E-state index contributed by atoms with van der Waals surface area (Å²) in [5.41, 5.74) is -0.553. The Hall–Kier alpha value is -2.95. The van der Waals surface area contributed by atoms with Gasteiger partial charge in [0.15, 0.2) is 0 Å². The maximum atomic E-state index is 13.0. The number of rotatable bonds is 7. The second-order valence-corrected chi connectivity index (χ2v) is 8.15. The van der Waals surface area contributed by atoms with Gasteiger partial charge in [0.1, 0.15) is 0 Å². The summed E-state index contributed by atoms with van der Waals surface area (Å²) in [7, 11) is 0. The number of aromatic nitrogens is 2. The van der Waals surface area contributed by atoms with Crippen LogP contribution in [0.25, 0.3) is 11.4 Å². The second kappa shape index (κ2) is 10.3. The first-order valence-corrected chi connectivity index (χ1v) is 10.9. The SMILES string of the molecule is CCC(C)C(=O)NCC(=O)N1CCN(C(C)c2nc(-c3cccc(C(F)(F)F)c3)no2)CC1. The molecule has 8 nitrogen and oxygen atoms in total. The number of amides is 2. The van der Waals surface area contributed by atoms with E-state index in [1.807, 2.05) is 20.8 Å². The summed E-state index contributed by atoms with van der Waals surface area (Å²) in [4.78, 5) is 32.3. The lowest BCUT2D eigenvalue weighted by atomic mass is 10.1. The Morgan fingerprint density at radius 2 is 1.88 bits per heavy atom. The lowest BCUT2D eigenvalue weighted by molar-refractivity contribution is -0.137. The van der Waals surface area contributed by atoms with Crippen molar-refractivity contribution < 1.29 is 27.3 Å². The predicted molar refractivity (Wildman–Crippen MR) is 114 cm³/mol. The monoisotopic (exact) mass is 467 g/mol. The van der Waals surface area contributed by atoms with Crippen molar-refractivity contribution in [2.24, 2.45) is 5.92 Å². The summed E-state index contributed by atoms with van der Waals surface area (Å²) in [6.45, 7) is 7.67. The molecule has 2 heterocycles. The second-order valence-electron chi connectivity index (χ2n) is 8.15. The number of hydrogen-bond acceptors (Lipinski definition) is 6. The Kier molecular flexibility index (Phi) is 7.72. The van der Waals surface area contributed by atoms with Gasteiger partial charge in [-0.1, -0.05) is 31.1 Å². The number of nitrogens with zero attached hydrogens (tertiary/aromatic N) is 4. The highest BCUT2D eigenvalue weighted by Gasteiger charge is 2.31. The van der Waals surface area contributed by atoms with E-state index in [9.17, 15) is 22.8 Å². The first-order valence-electron chi connectivity index (χ1n) is 10.9. The minimum absolute atomic E-state index is 0.0251. The zero-order valence-electron chi connectivity index (χ0n) is 18.9. The van der Waals surface area contributed by atoms with E-state index in [0.29, 0.717) is 38.5 Å². The molecule has 0 spiro atoms. The quantitative estimate of drug-likeness (QED) is 0.673. The highest BCUT2D eigenvalue weighted by molar-refractivity contribution is 5.85. The summed E-state index contributed by atoms with van der Waals surface area (Å²) in [6.07, 6.45) is -3.74. The van der Waals surface area contributed by atoms with E-state index in [0.717, 1.165) is 12.1 Å². The van der Waals surface area contributed by atoms with Crippen molar-refractivity contribution in [3.63, 3.8) is 0 Å². The Morgan fingerprint density at radius 3 is 2.52 bits per heavy atom. The predicted octanol–water partition coefficient (Wildman–Crippen LogP) is 3.12. The van der Waals surface area contributed by atoms with Gasteiger partial charge in [-0.15, -0.1) is 0 Å². The molecule has 1 aliphatic heterocycles. The number of benzene rings is 1. The zero-order chi connectivity index (χ0) is 24.2. The molecule has 1 aromatic heterocycles. The zero-order valence-corrected chi connectivity index (χ0v) is 18.9. The number of nitrogens with one attached hydrogen (secondary N) is 1. The molecule has 0 saturated carbocycles. The van der Waals surface area contributed by atoms with Gasteiger partial charge in [0.05, 0.1) is 18.2 Å². The third kappa shape index (κ3) is 6.10. The van der Waals surface area contributed by atoms with Crippen molar-refractivity contribution in [2.75, 3.05) is 32.7 Å². The van der Waals surface area contributed by atoms with Crippen LogP contribution in [0.2, 0.25) is 0 Å². The molecule has 1 aromatic carbocycles. The van der Waals surface area contributed by atoms with Gasteiger partial charge in [-0.2, -0.15) is 18.2 Å². The van der Waals surface area contributed by atoms with Crippen LogP contribution >= 0.6 is 0 Å². The molecular weight excluding hydrogens is 439 g/mol. The van der Waals surface area contributed by atoms with Gasteiger partial charge in [-0.3, -0.25) is 14.5 Å². The molecular formula is C22H28F3N5O3. The normalized spacial score (nSPS) is 17.0. The average Bonchev–Trinajstić information content (AvgIpc) is 3.31. The first-order chi connectivity index (χ1) is 15.6. The fourth-order valence-corrected chi connectivity index (χ4v) is 3.51. The van der Waals surface area contributed by atoms with Crippen LogP contribution in [0.15, 0.2) is 28.8 Å². The summed E-state index contributed by atoms with van der Waals surface area (Å²) in [5, 5.41) is 6.52. The van der Waals surface area contributed by atoms with E-state index >= 15 is 0 Å². The number of hydrogen-bond donors (Lipinski definition) is 1. The lowest BCUT2D eigenvalue weighted by Crippen LogP contribution is -2.51. The van der Waals surface area contributed by atoms with E-state index < -0.39 is 11.7 Å². The molecule has 1 N–H and O–H groups in total. The van der Waals surface area contributed by atoms with Crippen molar-refractivity contribution in [1.82, 2.24) is 25.3 Å². The molecule has 33 heavy (non-hydrogen) atoms. The van der Waals surface area contributed by atoms with Crippen molar-refractivity contribution >= 4 is 11.8 Å². The fraction of sp³-hybridized carbons (Fsp3) is 0.545. The van der Waals surface area contributed by atoms with E-state index in [1.165, 1.54) is 12.1 Å². The largest absolute Gasteiger partial charge is 0.416 e. The summed E-state index contributed by atoms with van der Waals surface area (Å²) in [5.74, 6) is -0.0165. The van der Waals surface area contributed by atoms with Crippen molar-refractivity contribution in [2.45, 2.75) is 39.4 Å². The molecule has 0 aliphatic carbocycles. The average molecular weight is 467 g/mol. The fourth-order valence-electron chi connectivity index (χ4n) is 3.51. The molecule has 2 unspecified atom stereocenters. The first kappa shape index (κ1) is 24.7. The van der Waals surface area contributed by atoms with E-state index in [4.69, 9.17) is 4.52 Å². The van der Waals surface area contributed by atoms with Crippen molar-refractivity contribution in [1.29, 1.82) is 0 Å². The molecule has 0 bridgehead atoms. The summed E-state index contributed by atoms with van der Waals surface area (Å²) < 4.78 is 44.2. The third-order valence-electron chi connectivity index (χ3n) is 5.94. The Morgan fingerprint density at radius 1 is 1.18 bits per heavy atom. The van der Waals surface area contributed by atoms with Gasteiger partial charge < -0.3 is 14.7 Å². The molecule has 3 rings (SSSR count). The Bertz CT molecular complexity index is 970. The number of piperazine rings is 1. The van der Waals surface area contributed by atoms with Gasteiger partial charge in [0.25, 0.3) is 0 Å². The Balaban J connectivity index is 1.55. The summed E-state index contributed by atoms with van der Waals surface area (Å²) >= 11 is 0. The minimum atomic E-state index is -4.45. The van der Waals surface area contributed by atoms with E-state index in [2.05, 4.69) is 20.4 Å². The van der Waals surface area contributed by atoms with Gasteiger partial charge in [0, 0.05) is 37.7 Å². The standard InChI is InChI=1S/C22H28F3N5O3/c1-4-14(2)20(32)26-13-18(31)30-10-8-29(9-11-30)15(3)21-27-19(28-33-21)16-6-5-7-17(12-16)22(23,24)25/h5-7,12,14-15H,4,8-11,13H2,1-3H3,(H,26,32). The van der Waals surface area contributed by atoms with Crippen LogP contribution in [0.4, 0.5) is 13.2 Å². The number of halogens is 3. The van der Waals surface area contributed by atoms with Gasteiger partial charge in [-0.25, -0.2) is 0 Å². The van der Waals surface area contributed by atoms with Crippen LogP contribution in [-0.2, 0) is 15.8 Å². The van der Waals surface area contributed by atoms with E-state index in [1.54, 1.807) is 4.90 Å². The molecule has 2 amide bonds. The molecule has 1 fully saturated rings. The number of carbonyl (C=O) groups excluding carboxylic acids is 2. The van der Waals surface area contributed by atoms with Crippen molar-refractivity contribution in [3.8, 4) is 11.4 Å². The molecule has 1 saturated heterocycles. The molecule has 1 aliphatic rings. The van der Waals surface area contributed by atoms with Gasteiger partial charge in [-0.05, 0) is 25.5 Å². The van der Waals surface area contributed by atoms with Gasteiger partial charge in [0.2, 0.25) is 23.5 Å². The van der Waals surface area contributed by atoms with E-state index in [-0.39, 0.29) is 41.7 Å². The highest BCUT2D eigenvalue weighted by Crippen LogP contribution is 2.32. The lowest BCUT2D eigenvalue weighted by Gasteiger charge is -2.36. The Labute approximate surface area is 190 Å². The van der Waals surface area contributed by atoms with Crippen LogP contribution in [0.1, 0.15) is 44.7 Å². The molecule has 180 valence electrons. The smallest absolute Gasteiger partial charge is 0.347 e.